The molecule has 3 aromatic rings. The Morgan fingerprint density at radius 2 is 2.06 bits per heavy atom. The number of benzene rings is 2. The van der Waals surface area contributed by atoms with Crippen molar-refractivity contribution >= 4 is 22.7 Å². The van der Waals surface area contributed by atoms with Crippen LogP contribution in [0.2, 0.25) is 0 Å². The molecule has 0 aliphatic heterocycles. The zero-order valence-corrected chi connectivity index (χ0v) is 10.1. The molecular formula is C14H9ClFNO. The van der Waals surface area contributed by atoms with E-state index in [2.05, 4.69) is 4.98 Å². The van der Waals surface area contributed by atoms with Gasteiger partial charge in [-0.3, -0.25) is 0 Å². The van der Waals surface area contributed by atoms with E-state index in [9.17, 15) is 4.39 Å². The fourth-order valence-electron chi connectivity index (χ4n) is 1.81. The van der Waals surface area contributed by atoms with Crippen molar-refractivity contribution in [1.82, 2.24) is 4.98 Å². The first kappa shape index (κ1) is 11.2. The lowest BCUT2D eigenvalue weighted by Gasteiger charge is -1.97. The summed E-state index contributed by atoms with van der Waals surface area (Å²) < 4.78 is 18.6. The molecule has 0 unspecified atom stereocenters. The van der Waals surface area contributed by atoms with E-state index in [1.165, 1.54) is 12.1 Å². The molecule has 90 valence electrons. The van der Waals surface area contributed by atoms with Gasteiger partial charge in [-0.2, -0.15) is 0 Å². The molecule has 0 amide bonds. The third kappa shape index (κ3) is 1.97. The predicted molar refractivity (Wildman–Crippen MR) is 69.0 cm³/mol. The lowest BCUT2D eigenvalue weighted by atomic mass is 10.1. The topological polar surface area (TPSA) is 26.0 Å². The Morgan fingerprint density at radius 3 is 2.89 bits per heavy atom. The first-order valence-corrected chi connectivity index (χ1v) is 6.01. The summed E-state index contributed by atoms with van der Waals surface area (Å²) in [5.74, 6) is 0.574. The zero-order valence-electron chi connectivity index (χ0n) is 9.36. The first-order chi connectivity index (χ1) is 8.76. The van der Waals surface area contributed by atoms with Gasteiger partial charge in [-0.25, -0.2) is 9.37 Å². The number of halogens is 2. The summed E-state index contributed by atoms with van der Waals surface area (Å²) in [5.41, 5.74) is 2.91. The van der Waals surface area contributed by atoms with Crippen LogP contribution < -0.4 is 0 Å². The molecule has 0 atom stereocenters. The van der Waals surface area contributed by atoms with Crippen LogP contribution in [0.25, 0.3) is 22.6 Å². The molecule has 4 heteroatoms. The molecule has 18 heavy (non-hydrogen) atoms. The zero-order chi connectivity index (χ0) is 12.5. The minimum absolute atomic E-state index is 0.334. The van der Waals surface area contributed by atoms with Gasteiger partial charge in [0.25, 0.3) is 0 Å². The Labute approximate surface area is 108 Å². The molecule has 3 rings (SSSR count). The van der Waals surface area contributed by atoms with Crippen LogP contribution in [0, 0.1) is 5.82 Å². The predicted octanol–water partition coefficient (Wildman–Crippen LogP) is 4.37. The summed E-state index contributed by atoms with van der Waals surface area (Å²) in [6.07, 6.45) is 0. The molecule has 0 bridgehead atoms. The Balaban J connectivity index is 2.13. The van der Waals surface area contributed by atoms with Crippen LogP contribution in [0.4, 0.5) is 4.39 Å². The number of aromatic nitrogens is 1. The van der Waals surface area contributed by atoms with Gasteiger partial charge in [0.05, 0.1) is 0 Å². The van der Waals surface area contributed by atoms with Crippen molar-refractivity contribution in [3.63, 3.8) is 0 Å². The molecule has 2 nitrogen and oxygen atoms in total. The summed E-state index contributed by atoms with van der Waals surface area (Å²) in [4.78, 5) is 4.32. The Bertz CT molecular complexity index is 708. The summed E-state index contributed by atoms with van der Waals surface area (Å²) >= 11 is 5.79. The van der Waals surface area contributed by atoms with Crippen molar-refractivity contribution < 1.29 is 8.81 Å². The third-order valence-electron chi connectivity index (χ3n) is 2.68. The SMILES string of the molecule is Fc1ccc2nc(-c3cccc(CCl)c3)oc2c1. The van der Waals surface area contributed by atoms with E-state index >= 15 is 0 Å². The number of fused-ring (bicyclic) bond motifs is 1. The van der Waals surface area contributed by atoms with Crippen molar-refractivity contribution in [2.45, 2.75) is 5.88 Å². The van der Waals surface area contributed by atoms with Crippen LogP contribution in [0.1, 0.15) is 5.56 Å². The molecule has 0 aliphatic rings. The second-order valence-corrected chi connectivity index (χ2v) is 4.23. The Morgan fingerprint density at radius 1 is 1.17 bits per heavy atom. The molecule has 0 radical (unpaired) electrons. The average Bonchev–Trinajstić information content (AvgIpc) is 2.81. The minimum Gasteiger partial charge on any atom is -0.436 e. The molecular weight excluding hydrogens is 253 g/mol. The number of rotatable bonds is 2. The standard InChI is InChI=1S/C14H9ClFNO/c15-8-9-2-1-3-10(6-9)14-17-12-5-4-11(16)7-13(12)18-14/h1-7H,8H2. The summed E-state index contributed by atoms with van der Waals surface area (Å²) in [6.45, 7) is 0. The molecule has 1 heterocycles. The molecule has 0 fully saturated rings. The molecule has 0 saturated heterocycles. The monoisotopic (exact) mass is 261 g/mol. The average molecular weight is 262 g/mol. The highest BCUT2D eigenvalue weighted by Crippen LogP contribution is 2.25. The highest BCUT2D eigenvalue weighted by Gasteiger charge is 2.09. The van der Waals surface area contributed by atoms with Crippen molar-refractivity contribution in [2.24, 2.45) is 0 Å². The maximum absolute atomic E-state index is 13.1. The Kier molecular flexibility index (Phi) is 2.76. The smallest absolute Gasteiger partial charge is 0.227 e. The van der Waals surface area contributed by atoms with Gasteiger partial charge in [-0.1, -0.05) is 12.1 Å². The second kappa shape index (κ2) is 4.42. The first-order valence-electron chi connectivity index (χ1n) is 5.47. The maximum Gasteiger partial charge on any atom is 0.227 e. The van der Waals surface area contributed by atoms with E-state index in [-0.39, 0.29) is 5.82 Å². The van der Waals surface area contributed by atoms with E-state index < -0.39 is 0 Å². The molecule has 0 aliphatic carbocycles. The summed E-state index contributed by atoms with van der Waals surface area (Å²) in [5, 5.41) is 0. The van der Waals surface area contributed by atoms with Gasteiger partial charge < -0.3 is 4.42 Å². The fourth-order valence-corrected chi connectivity index (χ4v) is 1.98. The van der Waals surface area contributed by atoms with E-state index in [1.807, 2.05) is 24.3 Å². The summed E-state index contributed by atoms with van der Waals surface area (Å²) in [6, 6.07) is 11.9. The van der Waals surface area contributed by atoms with Gasteiger partial charge in [-0.15, -0.1) is 11.6 Å². The number of alkyl halides is 1. The number of nitrogens with zero attached hydrogens (tertiary/aromatic N) is 1. The van der Waals surface area contributed by atoms with Crippen molar-refractivity contribution in [1.29, 1.82) is 0 Å². The highest BCUT2D eigenvalue weighted by atomic mass is 35.5. The van der Waals surface area contributed by atoms with Crippen LogP contribution in [0.15, 0.2) is 46.9 Å². The van der Waals surface area contributed by atoms with Crippen LogP contribution in [-0.2, 0) is 5.88 Å². The van der Waals surface area contributed by atoms with Crippen molar-refractivity contribution in [2.75, 3.05) is 0 Å². The number of oxazole rings is 1. The van der Waals surface area contributed by atoms with Gasteiger partial charge in [0.2, 0.25) is 5.89 Å². The second-order valence-electron chi connectivity index (χ2n) is 3.97. The molecule has 1 aromatic heterocycles. The summed E-state index contributed by atoms with van der Waals surface area (Å²) in [7, 11) is 0. The molecule has 0 N–H and O–H groups in total. The van der Waals surface area contributed by atoms with Crippen LogP contribution in [-0.4, -0.2) is 4.98 Å². The van der Waals surface area contributed by atoms with Gasteiger partial charge in [0, 0.05) is 17.5 Å². The van der Waals surface area contributed by atoms with Gasteiger partial charge >= 0.3 is 0 Å². The number of hydrogen-bond acceptors (Lipinski definition) is 2. The molecule has 2 aromatic carbocycles. The number of hydrogen-bond donors (Lipinski definition) is 0. The van der Waals surface area contributed by atoms with E-state index in [4.69, 9.17) is 16.0 Å². The largest absolute Gasteiger partial charge is 0.436 e. The normalized spacial score (nSPS) is 11.0. The van der Waals surface area contributed by atoms with E-state index in [1.54, 1.807) is 6.07 Å². The van der Waals surface area contributed by atoms with Crippen molar-refractivity contribution in [3.05, 3.63) is 53.8 Å². The Hall–Kier alpha value is -1.87. The highest BCUT2D eigenvalue weighted by molar-refractivity contribution is 6.17. The lowest BCUT2D eigenvalue weighted by Crippen LogP contribution is -1.81. The fraction of sp³-hybridized carbons (Fsp3) is 0.0714. The van der Waals surface area contributed by atoms with Crippen LogP contribution in [0.5, 0.6) is 0 Å². The lowest BCUT2D eigenvalue weighted by molar-refractivity contribution is 0.602. The maximum atomic E-state index is 13.1. The van der Waals surface area contributed by atoms with Gasteiger partial charge in [-0.05, 0) is 29.8 Å². The van der Waals surface area contributed by atoms with Gasteiger partial charge in [0.15, 0.2) is 5.58 Å². The third-order valence-corrected chi connectivity index (χ3v) is 2.99. The van der Waals surface area contributed by atoms with Crippen molar-refractivity contribution in [3.8, 4) is 11.5 Å². The molecule has 0 spiro atoms. The molecule has 0 saturated carbocycles. The van der Waals surface area contributed by atoms with Crippen LogP contribution in [0.3, 0.4) is 0 Å². The quantitative estimate of drug-likeness (QED) is 0.640. The van der Waals surface area contributed by atoms with Gasteiger partial charge in [0.1, 0.15) is 11.3 Å². The van der Waals surface area contributed by atoms with Crippen LogP contribution >= 0.6 is 11.6 Å². The van der Waals surface area contributed by atoms with E-state index in [0.29, 0.717) is 22.9 Å². The van der Waals surface area contributed by atoms with E-state index in [0.717, 1.165) is 11.1 Å². The minimum atomic E-state index is -0.334.